The topological polar surface area (TPSA) is 85.8 Å². The van der Waals surface area contributed by atoms with E-state index in [0.29, 0.717) is 29.4 Å². The molecule has 0 saturated carbocycles. The minimum Gasteiger partial charge on any atom is -0.395 e. The fraction of sp³-hybridized carbons (Fsp3) is 0.308. The van der Waals surface area contributed by atoms with Crippen LogP contribution in [0.15, 0.2) is 16.7 Å². The largest absolute Gasteiger partial charge is 0.395 e. The number of carbonyl (C=O) groups excluding carboxylic acids is 1. The first-order valence-electron chi connectivity index (χ1n) is 6.20. The van der Waals surface area contributed by atoms with Gasteiger partial charge in [0, 0.05) is 17.2 Å². The van der Waals surface area contributed by atoms with Crippen LogP contribution in [0.5, 0.6) is 0 Å². The van der Waals surface area contributed by atoms with Crippen LogP contribution >= 0.6 is 15.9 Å². The number of amides is 1. The SMILES string of the molecule is CCn1nc(C)c(N)c1C(=O)Nc1cc(C)c(Br)cn1. The Morgan fingerprint density at radius 1 is 1.50 bits per heavy atom. The van der Waals surface area contributed by atoms with E-state index in [4.69, 9.17) is 5.73 Å². The van der Waals surface area contributed by atoms with Gasteiger partial charge in [0.05, 0.1) is 11.4 Å². The molecule has 0 atom stereocenters. The fourth-order valence-corrected chi connectivity index (χ4v) is 2.06. The summed E-state index contributed by atoms with van der Waals surface area (Å²) in [7, 11) is 0. The zero-order valence-electron chi connectivity index (χ0n) is 11.6. The molecule has 1 amide bonds. The van der Waals surface area contributed by atoms with Gasteiger partial charge in [-0.3, -0.25) is 9.48 Å². The third-order valence-corrected chi connectivity index (χ3v) is 3.81. The summed E-state index contributed by atoms with van der Waals surface area (Å²) < 4.78 is 2.48. The van der Waals surface area contributed by atoms with Crippen molar-refractivity contribution >= 4 is 33.3 Å². The number of hydrogen-bond acceptors (Lipinski definition) is 4. The van der Waals surface area contributed by atoms with Crippen LogP contribution in [0.2, 0.25) is 0 Å². The van der Waals surface area contributed by atoms with Crippen molar-refractivity contribution in [3.8, 4) is 0 Å². The van der Waals surface area contributed by atoms with Gasteiger partial charge in [-0.25, -0.2) is 4.98 Å². The summed E-state index contributed by atoms with van der Waals surface area (Å²) in [5, 5.41) is 6.97. The predicted molar refractivity (Wildman–Crippen MR) is 81.7 cm³/mol. The lowest BCUT2D eigenvalue weighted by Gasteiger charge is -2.08. The van der Waals surface area contributed by atoms with Crippen molar-refractivity contribution in [3.63, 3.8) is 0 Å². The molecule has 0 aliphatic rings. The van der Waals surface area contributed by atoms with E-state index in [9.17, 15) is 4.79 Å². The average molecular weight is 338 g/mol. The second kappa shape index (κ2) is 5.62. The molecule has 0 unspecified atom stereocenters. The molecule has 0 bridgehead atoms. The second-order valence-electron chi connectivity index (χ2n) is 4.44. The number of hydrogen-bond donors (Lipinski definition) is 2. The molecule has 0 aliphatic carbocycles. The Morgan fingerprint density at radius 3 is 2.80 bits per heavy atom. The first-order chi connectivity index (χ1) is 9.43. The molecule has 0 radical (unpaired) electrons. The van der Waals surface area contributed by atoms with Gasteiger partial charge in [-0.05, 0) is 48.3 Å². The average Bonchev–Trinajstić information content (AvgIpc) is 2.69. The molecular weight excluding hydrogens is 322 g/mol. The highest BCUT2D eigenvalue weighted by Gasteiger charge is 2.19. The number of nitrogens with zero attached hydrogens (tertiary/aromatic N) is 3. The van der Waals surface area contributed by atoms with Gasteiger partial charge >= 0.3 is 0 Å². The number of nitrogens with one attached hydrogen (secondary N) is 1. The van der Waals surface area contributed by atoms with Crippen molar-refractivity contribution in [1.82, 2.24) is 14.8 Å². The van der Waals surface area contributed by atoms with Crippen molar-refractivity contribution in [3.05, 3.63) is 33.7 Å². The monoisotopic (exact) mass is 337 g/mol. The molecule has 0 aromatic carbocycles. The number of pyridine rings is 1. The first kappa shape index (κ1) is 14.5. The Morgan fingerprint density at radius 2 is 2.20 bits per heavy atom. The molecule has 0 fully saturated rings. The molecule has 20 heavy (non-hydrogen) atoms. The Hall–Kier alpha value is -1.89. The highest BCUT2D eigenvalue weighted by molar-refractivity contribution is 9.10. The summed E-state index contributed by atoms with van der Waals surface area (Å²) >= 11 is 3.37. The number of nitrogens with two attached hydrogens (primary N) is 1. The third-order valence-electron chi connectivity index (χ3n) is 2.98. The lowest BCUT2D eigenvalue weighted by Crippen LogP contribution is -2.19. The van der Waals surface area contributed by atoms with Gasteiger partial charge in [-0.2, -0.15) is 5.10 Å². The molecule has 106 valence electrons. The summed E-state index contributed by atoms with van der Waals surface area (Å²) in [6.45, 7) is 6.19. The smallest absolute Gasteiger partial charge is 0.277 e. The van der Waals surface area contributed by atoms with Gasteiger partial charge in [0.1, 0.15) is 11.5 Å². The number of anilines is 2. The molecule has 2 rings (SSSR count). The maximum Gasteiger partial charge on any atom is 0.277 e. The molecule has 7 heteroatoms. The fourth-order valence-electron chi connectivity index (χ4n) is 1.85. The molecule has 6 nitrogen and oxygen atoms in total. The zero-order valence-corrected chi connectivity index (χ0v) is 13.2. The van der Waals surface area contributed by atoms with Crippen LogP contribution in [0.4, 0.5) is 11.5 Å². The third kappa shape index (κ3) is 2.67. The molecule has 2 aromatic heterocycles. The predicted octanol–water partition coefficient (Wildman–Crippen LogP) is 2.51. The Bertz CT molecular complexity index is 665. The van der Waals surface area contributed by atoms with Crippen LogP contribution < -0.4 is 11.1 Å². The van der Waals surface area contributed by atoms with E-state index in [1.807, 2.05) is 13.8 Å². The van der Waals surface area contributed by atoms with Crippen LogP contribution in [0.3, 0.4) is 0 Å². The highest BCUT2D eigenvalue weighted by Crippen LogP contribution is 2.20. The highest BCUT2D eigenvalue weighted by atomic mass is 79.9. The van der Waals surface area contributed by atoms with Crippen molar-refractivity contribution in [2.75, 3.05) is 11.1 Å². The van der Waals surface area contributed by atoms with Crippen LogP contribution in [-0.2, 0) is 6.54 Å². The number of carbonyl (C=O) groups is 1. The van der Waals surface area contributed by atoms with Crippen LogP contribution in [0.1, 0.15) is 28.7 Å². The summed E-state index contributed by atoms with van der Waals surface area (Å²) in [5.74, 6) is 0.177. The molecule has 0 aliphatic heterocycles. The quantitative estimate of drug-likeness (QED) is 0.900. The van der Waals surface area contributed by atoms with Crippen LogP contribution in [0, 0.1) is 13.8 Å². The molecule has 3 N–H and O–H groups in total. The Kier molecular flexibility index (Phi) is 4.08. The molecule has 2 heterocycles. The van der Waals surface area contributed by atoms with E-state index in [-0.39, 0.29) is 5.91 Å². The van der Waals surface area contributed by atoms with Crippen molar-refractivity contribution < 1.29 is 4.79 Å². The maximum absolute atomic E-state index is 12.3. The van der Waals surface area contributed by atoms with Gasteiger partial charge in [0.25, 0.3) is 5.91 Å². The standard InChI is InChI=1S/C13H16BrN5O/c1-4-19-12(11(15)8(3)18-19)13(20)17-10-5-7(2)9(14)6-16-10/h5-6H,4,15H2,1-3H3,(H,16,17,20). The molecule has 0 spiro atoms. The van der Waals surface area contributed by atoms with E-state index in [0.717, 1.165) is 10.0 Å². The second-order valence-corrected chi connectivity index (χ2v) is 5.29. The number of aromatic nitrogens is 3. The minimum atomic E-state index is -0.306. The number of aryl methyl sites for hydroxylation is 3. The van der Waals surface area contributed by atoms with Gasteiger partial charge in [-0.15, -0.1) is 0 Å². The summed E-state index contributed by atoms with van der Waals surface area (Å²) in [5.41, 5.74) is 8.32. The molecule has 2 aromatic rings. The molecule has 0 saturated heterocycles. The van der Waals surface area contributed by atoms with Crippen molar-refractivity contribution in [2.24, 2.45) is 0 Å². The maximum atomic E-state index is 12.3. The van der Waals surface area contributed by atoms with E-state index in [2.05, 4.69) is 31.3 Å². The van der Waals surface area contributed by atoms with E-state index >= 15 is 0 Å². The lowest BCUT2D eigenvalue weighted by molar-refractivity contribution is 0.101. The van der Waals surface area contributed by atoms with Crippen molar-refractivity contribution in [2.45, 2.75) is 27.3 Å². The van der Waals surface area contributed by atoms with Gasteiger partial charge in [0.2, 0.25) is 0 Å². The number of halogens is 1. The van der Waals surface area contributed by atoms with Gasteiger partial charge < -0.3 is 11.1 Å². The normalized spacial score (nSPS) is 10.6. The molecular formula is C13H16BrN5O. The van der Waals surface area contributed by atoms with E-state index in [1.165, 1.54) is 0 Å². The van der Waals surface area contributed by atoms with E-state index in [1.54, 1.807) is 23.9 Å². The van der Waals surface area contributed by atoms with Gasteiger partial charge in [-0.1, -0.05) is 0 Å². The summed E-state index contributed by atoms with van der Waals surface area (Å²) in [6.07, 6.45) is 1.65. The van der Waals surface area contributed by atoms with E-state index < -0.39 is 0 Å². The first-order valence-corrected chi connectivity index (χ1v) is 6.99. The zero-order chi connectivity index (χ0) is 14.9. The number of nitrogen functional groups attached to an aromatic ring is 1. The summed E-state index contributed by atoms with van der Waals surface area (Å²) in [4.78, 5) is 16.5. The minimum absolute atomic E-state index is 0.306. The van der Waals surface area contributed by atoms with Crippen LogP contribution in [0.25, 0.3) is 0 Å². The lowest BCUT2D eigenvalue weighted by atomic mass is 10.2. The van der Waals surface area contributed by atoms with Gasteiger partial charge in [0.15, 0.2) is 0 Å². The summed E-state index contributed by atoms with van der Waals surface area (Å²) in [6, 6.07) is 1.79. The van der Waals surface area contributed by atoms with Crippen LogP contribution in [-0.4, -0.2) is 20.7 Å². The van der Waals surface area contributed by atoms with Crippen molar-refractivity contribution in [1.29, 1.82) is 0 Å². The Balaban J connectivity index is 2.30. The number of rotatable bonds is 3. The Labute approximate surface area is 125 Å².